The molecule has 1 N–H and O–H groups in total. The van der Waals surface area contributed by atoms with Gasteiger partial charge in [0.2, 0.25) is 0 Å². The average Bonchev–Trinajstić information content (AvgIpc) is 2.56. The molecule has 146 valence electrons. The van der Waals surface area contributed by atoms with Gasteiger partial charge in [-0.2, -0.15) is 0 Å². The van der Waals surface area contributed by atoms with Gasteiger partial charge in [-0.3, -0.25) is 0 Å². The monoisotopic (exact) mass is 396 g/mol. The average molecular weight is 396 g/mol. The molecule has 0 aliphatic carbocycles. The zero-order valence-corrected chi connectivity index (χ0v) is 18.4. The van der Waals surface area contributed by atoms with Crippen LogP contribution >= 0.6 is 14.4 Å². The van der Waals surface area contributed by atoms with E-state index in [1.807, 2.05) is 36.4 Å². The van der Waals surface area contributed by atoms with Crippen molar-refractivity contribution < 1.29 is 13.8 Å². The van der Waals surface area contributed by atoms with Crippen LogP contribution < -0.4 is 5.30 Å². The molecular weight excluding hydrogens is 362 g/mol. The Kier molecular flexibility index (Phi) is 7.08. The SMILES string of the molecule is CCCCCCCCP(C)(C)(C)OP(=O)(O)c1cccc2ccccc12. The van der Waals surface area contributed by atoms with Crippen LogP contribution in [0, 0.1) is 0 Å². The Labute approximate surface area is 158 Å². The topological polar surface area (TPSA) is 46.5 Å². The van der Waals surface area contributed by atoms with Crippen molar-refractivity contribution in [2.24, 2.45) is 0 Å². The van der Waals surface area contributed by atoms with Crippen LogP contribution in [-0.4, -0.2) is 31.0 Å². The van der Waals surface area contributed by atoms with Crippen molar-refractivity contribution in [1.29, 1.82) is 0 Å². The van der Waals surface area contributed by atoms with Crippen LogP contribution in [0.4, 0.5) is 0 Å². The van der Waals surface area contributed by atoms with Crippen LogP contribution in [0.3, 0.4) is 0 Å². The summed E-state index contributed by atoms with van der Waals surface area (Å²) in [7, 11) is -3.89. The van der Waals surface area contributed by atoms with Gasteiger partial charge in [-0.05, 0) is 0 Å². The Morgan fingerprint density at radius 1 is 0.923 bits per heavy atom. The zero-order chi connectivity index (χ0) is 19.3. The quantitative estimate of drug-likeness (QED) is 0.374. The summed E-state index contributed by atoms with van der Waals surface area (Å²) >= 11 is 0. The van der Waals surface area contributed by atoms with Crippen molar-refractivity contribution in [3.63, 3.8) is 0 Å². The molecule has 26 heavy (non-hydrogen) atoms. The molecule has 0 bridgehead atoms. The Morgan fingerprint density at radius 2 is 1.54 bits per heavy atom. The molecule has 0 spiro atoms. The Balaban J connectivity index is 2.11. The predicted octanol–water partition coefficient (Wildman–Crippen LogP) is 6.39. The van der Waals surface area contributed by atoms with Gasteiger partial charge in [0, 0.05) is 0 Å². The summed E-state index contributed by atoms with van der Waals surface area (Å²) in [6, 6.07) is 13.2. The summed E-state index contributed by atoms with van der Waals surface area (Å²) in [5.41, 5.74) is 0. The second-order valence-electron chi connectivity index (χ2n) is 8.56. The van der Waals surface area contributed by atoms with E-state index in [2.05, 4.69) is 26.9 Å². The second-order valence-corrected chi connectivity index (χ2v) is 17.1. The molecule has 0 amide bonds. The van der Waals surface area contributed by atoms with E-state index >= 15 is 0 Å². The van der Waals surface area contributed by atoms with Gasteiger partial charge in [0.05, 0.1) is 0 Å². The van der Waals surface area contributed by atoms with Gasteiger partial charge < -0.3 is 0 Å². The third-order valence-corrected chi connectivity index (χ3v) is 10.9. The summed E-state index contributed by atoms with van der Waals surface area (Å²) in [6.07, 6.45) is 8.15. The summed E-state index contributed by atoms with van der Waals surface area (Å²) < 4.78 is 19.3. The summed E-state index contributed by atoms with van der Waals surface area (Å²) in [5.74, 6) is 0. The Hall–Kier alpha value is -0.720. The van der Waals surface area contributed by atoms with Crippen molar-refractivity contribution in [3.8, 4) is 0 Å². The molecule has 0 saturated carbocycles. The number of hydrogen-bond donors (Lipinski definition) is 1. The molecule has 0 aromatic heterocycles. The normalized spacial score (nSPS) is 16.1. The van der Waals surface area contributed by atoms with E-state index in [1.54, 1.807) is 6.07 Å². The molecule has 2 aromatic rings. The van der Waals surface area contributed by atoms with Crippen molar-refractivity contribution >= 4 is 30.5 Å². The summed E-state index contributed by atoms with van der Waals surface area (Å²) in [5, 5.41) is 2.17. The number of benzene rings is 2. The molecule has 2 aromatic carbocycles. The van der Waals surface area contributed by atoms with Crippen molar-refractivity contribution in [3.05, 3.63) is 42.5 Å². The minimum atomic E-state index is -3.89. The van der Waals surface area contributed by atoms with E-state index in [-0.39, 0.29) is 0 Å². The molecule has 0 aliphatic heterocycles. The van der Waals surface area contributed by atoms with Crippen LogP contribution in [-0.2, 0) is 8.88 Å². The molecule has 1 atom stereocenters. The van der Waals surface area contributed by atoms with E-state index in [0.717, 1.165) is 23.4 Å². The molecule has 0 heterocycles. The molecule has 3 nitrogen and oxygen atoms in total. The van der Waals surface area contributed by atoms with E-state index < -0.39 is 14.4 Å². The first kappa shape index (κ1) is 21.6. The molecule has 0 radical (unpaired) electrons. The minimum absolute atomic E-state index is 0.415. The third-order valence-electron chi connectivity index (χ3n) is 4.76. The van der Waals surface area contributed by atoms with Crippen LogP contribution in [0.2, 0.25) is 0 Å². The van der Waals surface area contributed by atoms with E-state index in [9.17, 15) is 9.46 Å². The number of fused-ring (bicyclic) bond motifs is 1. The zero-order valence-electron chi connectivity index (χ0n) is 16.6. The number of unbranched alkanes of at least 4 members (excludes halogenated alkanes) is 5. The van der Waals surface area contributed by atoms with Gasteiger partial charge in [0.15, 0.2) is 0 Å². The molecular formula is C21H34O3P2. The number of hydrogen-bond acceptors (Lipinski definition) is 2. The summed E-state index contributed by atoms with van der Waals surface area (Å²) in [4.78, 5) is 10.8. The van der Waals surface area contributed by atoms with E-state index in [1.165, 1.54) is 32.1 Å². The molecule has 2 rings (SSSR count). The Morgan fingerprint density at radius 3 is 2.27 bits per heavy atom. The van der Waals surface area contributed by atoms with Gasteiger partial charge in [0.25, 0.3) is 0 Å². The van der Waals surface area contributed by atoms with E-state index in [0.29, 0.717) is 5.30 Å². The van der Waals surface area contributed by atoms with Crippen molar-refractivity contribution in [1.82, 2.24) is 0 Å². The molecule has 0 fully saturated rings. The van der Waals surface area contributed by atoms with Crippen LogP contribution in [0.1, 0.15) is 45.4 Å². The van der Waals surface area contributed by atoms with Gasteiger partial charge in [-0.1, -0.05) is 0 Å². The first-order valence-corrected chi connectivity index (χ1v) is 14.9. The predicted molar refractivity (Wildman–Crippen MR) is 117 cm³/mol. The number of rotatable bonds is 10. The fraction of sp³-hybridized carbons (Fsp3) is 0.524. The van der Waals surface area contributed by atoms with Gasteiger partial charge in [-0.15, -0.1) is 0 Å². The van der Waals surface area contributed by atoms with Gasteiger partial charge >= 0.3 is 158 Å². The van der Waals surface area contributed by atoms with Crippen LogP contribution in [0.15, 0.2) is 42.5 Å². The first-order valence-electron chi connectivity index (χ1n) is 9.66. The van der Waals surface area contributed by atoms with Crippen LogP contribution in [0.5, 0.6) is 0 Å². The third kappa shape index (κ3) is 6.17. The van der Waals surface area contributed by atoms with Gasteiger partial charge in [-0.25, -0.2) is 0 Å². The molecule has 0 saturated heterocycles. The molecule has 1 unspecified atom stereocenters. The molecule has 0 aliphatic rings. The fourth-order valence-electron chi connectivity index (χ4n) is 3.38. The van der Waals surface area contributed by atoms with Crippen molar-refractivity contribution in [2.75, 3.05) is 26.2 Å². The van der Waals surface area contributed by atoms with Crippen LogP contribution in [0.25, 0.3) is 10.8 Å². The van der Waals surface area contributed by atoms with E-state index in [4.69, 9.17) is 4.31 Å². The van der Waals surface area contributed by atoms with Gasteiger partial charge in [0.1, 0.15) is 0 Å². The standard InChI is InChI=1S/C21H34O3P2/c1-5-6-7-8-9-12-18-26(2,3,4)24-25(22,23)21-17-13-15-19-14-10-11-16-20(19)21/h10-11,13-17H,5-9,12,18H2,1-4H3,(H,22,23). The maximum atomic E-state index is 13.2. The summed E-state index contributed by atoms with van der Waals surface area (Å²) in [6.45, 7) is 5.73. The second kappa shape index (κ2) is 8.53. The molecule has 5 heteroatoms. The van der Waals surface area contributed by atoms with Crippen molar-refractivity contribution in [2.45, 2.75) is 45.4 Å². The Bertz CT molecular complexity index is 772. The maximum absolute atomic E-state index is 13.2. The first-order chi connectivity index (χ1) is 12.1. The fourth-order valence-corrected chi connectivity index (χ4v) is 9.43.